The van der Waals surface area contributed by atoms with Gasteiger partial charge in [-0.2, -0.15) is 0 Å². The number of aromatic hydroxyl groups is 1. The van der Waals surface area contributed by atoms with Crippen LogP contribution < -0.4 is 10.9 Å². The van der Waals surface area contributed by atoms with E-state index in [1.165, 1.54) is 19.2 Å². The van der Waals surface area contributed by atoms with Crippen LogP contribution in [0.5, 0.6) is 5.75 Å². The van der Waals surface area contributed by atoms with Crippen molar-refractivity contribution in [2.45, 2.75) is 56.8 Å². The first-order chi connectivity index (χ1) is 15.5. The molecule has 2 aliphatic heterocycles. The molecule has 0 radical (unpaired) electrons. The summed E-state index contributed by atoms with van der Waals surface area (Å²) in [6.07, 6.45) is -0.355. The molecule has 5 rings (SSSR count). The van der Waals surface area contributed by atoms with E-state index in [-0.39, 0.29) is 50.4 Å². The Morgan fingerprint density at radius 2 is 1.94 bits per heavy atom. The lowest BCUT2D eigenvalue weighted by Gasteiger charge is -2.43. The third-order valence-corrected chi connectivity index (χ3v) is 6.84. The molecule has 1 saturated carbocycles. The van der Waals surface area contributed by atoms with Crippen LogP contribution in [0.1, 0.15) is 53.1 Å². The highest BCUT2D eigenvalue weighted by atomic mass is 19.1. The van der Waals surface area contributed by atoms with Crippen LogP contribution in [0.4, 0.5) is 9.18 Å². The minimum atomic E-state index is -1.24. The van der Waals surface area contributed by atoms with Crippen LogP contribution >= 0.6 is 0 Å². The van der Waals surface area contributed by atoms with Crippen LogP contribution in [0.2, 0.25) is 0 Å². The van der Waals surface area contributed by atoms with Gasteiger partial charge in [0, 0.05) is 13.6 Å². The Bertz CT molecular complexity index is 1200. The highest BCUT2D eigenvalue weighted by molar-refractivity contribution is 5.94. The zero-order valence-corrected chi connectivity index (χ0v) is 18.3. The topological polar surface area (TPSA) is 145 Å². The maximum atomic E-state index is 13.5. The third kappa shape index (κ3) is 3.71. The average molecular weight is 460 g/mol. The molecule has 176 valence electrons. The third-order valence-electron chi connectivity index (χ3n) is 6.84. The number of amides is 2. The zero-order valence-electron chi connectivity index (χ0n) is 18.3. The molecule has 1 aromatic carbocycles. The van der Waals surface area contributed by atoms with Gasteiger partial charge in [0.15, 0.2) is 5.69 Å². The monoisotopic (exact) mass is 460 g/mol. The van der Waals surface area contributed by atoms with Crippen molar-refractivity contribution in [2.75, 3.05) is 7.05 Å². The number of carboxylic acid groups (broad SMARTS) is 1. The van der Waals surface area contributed by atoms with E-state index in [9.17, 15) is 34.1 Å². The van der Waals surface area contributed by atoms with E-state index < -0.39 is 40.1 Å². The molecular formula is C22H25FN4O6. The number of nitrogens with one attached hydrogen (secondary N) is 1. The minimum Gasteiger partial charge on any atom is -0.501 e. The molecule has 4 N–H and O–H groups in total. The number of aryl methyl sites for hydroxylation is 1. The number of halogens is 1. The molecule has 1 aromatic heterocycles. The molecule has 2 bridgehead atoms. The predicted molar refractivity (Wildman–Crippen MR) is 113 cm³/mol. The van der Waals surface area contributed by atoms with Gasteiger partial charge in [0.05, 0.1) is 12.1 Å². The summed E-state index contributed by atoms with van der Waals surface area (Å²) in [6.45, 7) is 1.43. The SMILES string of the molecule is Cc1cc(CNC(=O)c2nc3n(c(=O)c2O)CC2(O)CCC3(N(C)C(=O)O)CC2)ccc1F. The number of benzene rings is 1. The highest BCUT2D eigenvalue weighted by Gasteiger charge is 2.53. The zero-order chi connectivity index (χ0) is 24.1. The summed E-state index contributed by atoms with van der Waals surface area (Å²) in [7, 11) is 1.36. The molecule has 0 spiro atoms. The smallest absolute Gasteiger partial charge is 0.407 e. The van der Waals surface area contributed by atoms with Gasteiger partial charge in [-0.15, -0.1) is 0 Å². The number of hydrogen-bond acceptors (Lipinski definition) is 6. The molecule has 3 heterocycles. The van der Waals surface area contributed by atoms with E-state index in [1.807, 2.05) is 0 Å². The van der Waals surface area contributed by atoms with Crippen molar-refractivity contribution in [1.82, 2.24) is 19.8 Å². The second kappa shape index (κ2) is 7.84. The van der Waals surface area contributed by atoms with Gasteiger partial charge in [-0.25, -0.2) is 14.2 Å². The number of nitrogens with zero attached hydrogens (tertiary/aromatic N) is 3. The summed E-state index contributed by atoms with van der Waals surface area (Å²) in [5, 5.41) is 33.6. The molecule has 2 amide bonds. The lowest BCUT2D eigenvalue weighted by molar-refractivity contribution is -0.0413. The summed E-state index contributed by atoms with van der Waals surface area (Å²) >= 11 is 0. The van der Waals surface area contributed by atoms with Crippen LogP contribution in [0.15, 0.2) is 23.0 Å². The molecule has 0 unspecified atom stereocenters. The number of carbonyl (C=O) groups excluding carboxylic acids is 1. The van der Waals surface area contributed by atoms with Gasteiger partial charge < -0.3 is 20.6 Å². The second-order valence-corrected chi connectivity index (χ2v) is 8.89. The second-order valence-electron chi connectivity index (χ2n) is 8.89. The fraction of sp³-hybridized carbons (Fsp3) is 0.455. The molecule has 3 aliphatic rings. The number of carbonyl (C=O) groups is 2. The van der Waals surface area contributed by atoms with E-state index >= 15 is 0 Å². The van der Waals surface area contributed by atoms with E-state index in [2.05, 4.69) is 10.3 Å². The van der Waals surface area contributed by atoms with Gasteiger partial charge in [0.25, 0.3) is 11.5 Å². The van der Waals surface area contributed by atoms with Crippen molar-refractivity contribution in [2.24, 2.45) is 0 Å². The molecule has 11 heteroatoms. The number of rotatable bonds is 4. The summed E-state index contributed by atoms with van der Waals surface area (Å²) in [4.78, 5) is 43.1. The van der Waals surface area contributed by atoms with Gasteiger partial charge in [-0.3, -0.25) is 19.1 Å². The van der Waals surface area contributed by atoms with Gasteiger partial charge >= 0.3 is 6.09 Å². The summed E-state index contributed by atoms with van der Waals surface area (Å²) in [5.41, 5.74) is -2.91. The predicted octanol–water partition coefficient (Wildman–Crippen LogP) is 1.45. The van der Waals surface area contributed by atoms with Crippen molar-refractivity contribution >= 4 is 12.0 Å². The maximum Gasteiger partial charge on any atom is 0.407 e. The van der Waals surface area contributed by atoms with Crippen molar-refractivity contribution in [1.29, 1.82) is 0 Å². The molecule has 10 nitrogen and oxygen atoms in total. The fourth-order valence-electron chi connectivity index (χ4n) is 4.76. The Kier molecular flexibility index (Phi) is 5.39. The maximum absolute atomic E-state index is 13.5. The van der Waals surface area contributed by atoms with E-state index in [4.69, 9.17) is 0 Å². The van der Waals surface area contributed by atoms with Gasteiger partial charge in [-0.05, 0) is 49.8 Å². The lowest BCUT2D eigenvalue weighted by atomic mass is 9.74. The summed E-state index contributed by atoms with van der Waals surface area (Å²) in [6, 6.07) is 4.33. The Balaban J connectivity index is 1.75. The Morgan fingerprint density at radius 3 is 2.55 bits per heavy atom. The van der Waals surface area contributed by atoms with E-state index in [0.29, 0.717) is 11.1 Å². The van der Waals surface area contributed by atoms with Gasteiger partial charge in [0.1, 0.15) is 17.2 Å². The van der Waals surface area contributed by atoms with Crippen LogP contribution in [-0.2, 0) is 18.6 Å². The van der Waals surface area contributed by atoms with Crippen LogP contribution in [-0.4, -0.2) is 54.4 Å². The average Bonchev–Trinajstić information content (AvgIpc) is 2.99. The standard InChI is InChI=1S/C22H25FN4O6/c1-12-9-13(3-4-14(12)23)10-24-17(29)15-16(28)18(30)27-11-21(33)5-7-22(8-6-21,19(27)25-15)26(2)20(31)32/h3-4,9,28,33H,5-8,10-11H2,1-2H3,(H,24,29)(H,31,32). The summed E-state index contributed by atoms with van der Waals surface area (Å²) < 4.78 is 14.6. The number of aliphatic hydroxyl groups is 1. The van der Waals surface area contributed by atoms with Crippen LogP contribution in [0.25, 0.3) is 0 Å². The van der Waals surface area contributed by atoms with Crippen molar-refractivity contribution in [3.05, 3.63) is 57.0 Å². The molecule has 1 aliphatic carbocycles. The van der Waals surface area contributed by atoms with Gasteiger partial charge in [-0.1, -0.05) is 12.1 Å². The Morgan fingerprint density at radius 1 is 1.27 bits per heavy atom. The molecule has 2 aromatic rings. The first-order valence-electron chi connectivity index (χ1n) is 10.5. The fourth-order valence-corrected chi connectivity index (χ4v) is 4.76. The first kappa shape index (κ1) is 22.7. The normalized spacial score (nSPS) is 23.5. The molecular weight excluding hydrogens is 435 g/mol. The van der Waals surface area contributed by atoms with Crippen LogP contribution in [0.3, 0.4) is 0 Å². The van der Waals surface area contributed by atoms with Crippen LogP contribution in [0, 0.1) is 12.7 Å². The number of fused-ring (bicyclic) bond motifs is 2. The molecule has 1 fully saturated rings. The van der Waals surface area contributed by atoms with E-state index in [0.717, 1.165) is 9.47 Å². The number of aromatic nitrogens is 2. The highest BCUT2D eigenvalue weighted by Crippen LogP contribution is 2.48. The van der Waals surface area contributed by atoms with Crippen molar-refractivity contribution < 1.29 is 29.3 Å². The van der Waals surface area contributed by atoms with Gasteiger partial charge in [0.2, 0.25) is 5.75 Å². The Labute approximate surface area is 188 Å². The number of hydrogen-bond donors (Lipinski definition) is 4. The minimum absolute atomic E-state index is 0.000581. The van der Waals surface area contributed by atoms with Crippen molar-refractivity contribution in [3.63, 3.8) is 0 Å². The molecule has 0 atom stereocenters. The molecule has 33 heavy (non-hydrogen) atoms. The summed E-state index contributed by atoms with van der Waals surface area (Å²) in [5.74, 6) is -2.08. The Hall–Kier alpha value is -3.47. The first-order valence-corrected chi connectivity index (χ1v) is 10.5. The molecule has 0 saturated heterocycles. The van der Waals surface area contributed by atoms with Crippen molar-refractivity contribution in [3.8, 4) is 5.75 Å². The quantitative estimate of drug-likeness (QED) is 0.540. The largest absolute Gasteiger partial charge is 0.501 e. The lowest BCUT2D eigenvalue weighted by Crippen LogP contribution is -2.51. The van der Waals surface area contributed by atoms with E-state index in [1.54, 1.807) is 13.0 Å².